The minimum atomic E-state index is -1.27. The van der Waals surface area contributed by atoms with Crippen LogP contribution in [0.4, 0.5) is 18.9 Å². The summed E-state index contributed by atoms with van der Waals surface area (Å²) in [4.78, 5) is 10.9. The van der Waals surface area contributed by atoms with Crippen LogP contribution in [0.2, 0.25) is 0 Å². The highest BCUT2D eigenvalue weighted by Crippen LogP contribution is 2.18. The van der Waals surface area contributed by atoms with Crippen molar-refractivity contribution < 1.29 is 22.7 Å². The third kappa shape index (κ3) is 4.12. The van der Waals surface area contributed by atoms with Gasteiger partial charge in [0, 0.05) is 24.8 Å². The van der Waals surface area contributed by atoms with E-state index >= 15 is 0 Å². The maximum absolute atomic E-state index is 13.2. The Balaban J connectivity index is 2.56. The second-order valence-electron chi connectivity index (χ2n) is 3.28. The van der Waals surface area contributed by atoms with E-state index in [1.54, 1.807) is 6.92 Å². The van der Waals surface area contributed by atoms with Gasteiger partial charge < -0.3 is 10.1 Å². The highest BCUT2D eigenvalue weighted by atomic mass is 19.2. The summed E-state index contributed by atoms with van der Waals surface area (Å²) in [5, 5.41) is 2.44. The van der Waals surface area contributed by atoms with Crippen LogP contribution < -0.4 is 5.32 Å². The zero-order chi connectivity index (χ0) is 13.5. The first-order valence-corrected chi connectivity index (χ1v) is 5.26. The fraction of sp³-hybridized carbons (Fsp3) is 0.250. The molecule has 1 aromatic rings. The third-order valence-corrected chi connectivity index (χ3v) is 1.94. The maximum Gasteiger partial charge on any atom is 0.330 e. The summed E-state index contributed by atoms with van der Waals surface area (Å²) in [6.07, 6.45) is 2.50. The van der Waals surface area contributed by atoms with Crippen molar-refractivity contribution in [3.8, 4) is 0 Å². The fourth-order valence-corrected chi connectivity index (χ4v) is 1.20. The second kappa shape index (κ2) is 6.68. The van der Waals surface area contributed by atoms with Crippen LogP contribution in [0.3, 0.4) is 0 Å². The molecule has 0 aliphatic heterocycles. The number of carbonyl (C=O) groups excluding carboxylic acids is 1. The van der Waals surface area contributed by atoms with Crippen molar-refractivity contribution in [1.82, 2.24) is 0 Å². The topological polar surface area (TPSA) is 38.3 Å². The number of hydrogen-bond acceptors (Lipinski definition) is 3. The molecule has 0 spiro atoms. The summed E-state index contributed by atoms with van der Waals surface area (Å²) in [5.74, 6) is -3.86. The molecule has 0 atom stereocenters. The van der Waals surface area contributed by atoms with Gasteiger partial charge in [0.2, 0.25) is 0 Å². The standard InChI is InChI=1S/C12H12F3NO2/c1-2-18-11(17)4-3-5-16-10-7-8(13)6-9(14)12(10)15/h3-4,6-7,16H,2,5H2,1H3/b4-3+. The Kier molecular flexibility index (Phi) is 5.23. The first kappa shape index (κ1) is 14.1. The minimum Gasteiger partial charge on any atom is -0.463 e. The molecule has 1 aromatic carbocycles. The normalized spacial score (nSPS) is 10.7. The van der Waals surface area contributed by atoms with Crippen LogP contribution in [-0.4, -0.2) is 19.1 Å². The van der Waals surface area contributed by atoms with E-state index in [9.17, 15) is 18.0 Å². The first-order chi connectivity index (χ1) is 8.54. The summed E-state index contributed by atoms with van der Waals surface area (Å²) >= 11 is 0. The zero-order valence-corrected chi connectivity index (χ0v) is 9.67. The Morgan fingerprint density at radius 2 is 2.11 bits per heavy atom. The van der Waals surface area contributed by atoms with Crippen LogP contribution in [0.1, 0.15) is 6.92 Å². The molecule has 0 saturated carbocycles. The Morgan fingerprint density at radius 1 is 1.39 bits per heavy atom. The molecule has 0 aliphatic carbocycles. The van der Waals surface area contributed by atoms with Crippen LogP contribution in [0.25, 0.3) is 0 Å². The molecule has 6 heteroatoms. The molecule has 0 aromatic heterocycles. The van der Waals surface area contributed by atoms with Gasteiger partial charge >= 0.3 is 5.97 Å². The zero-order valence-electron chi connectivity index (χ0n) is 9.67. The SMILES string of the molecule is CCOC(=O)/C=C/CNc1cc(F)cc(F)c1F. The van der Waals surface area contributed by atoms with E-state index < -0.39 is 23.4 Å². The molecule has 0 aliphatic rings. The number of rotatable bonds is 5. The van der Waals surface area contributed by atoms with Crippen molar-refractivity contribution in [3.63, 3.8) is 0 Å². The van der Waals surface area contributed by atoms with Crippen LogP contribution >= 0.6 is 0 Å². The lowest BCUT2D eigenvalue weighted by Crippen LogP contribution is -2.05. The number of halogens is 3. The van der Waals surface area contributed by atoms with Gasteiger partial charge in [0.1, 0.15) is 5.82 Å². The Bertz CT molecular complexity index is 461. The molecule has 0 amide bonds. The van der Waals surface area contributed by atoms with Crippen molar-refractivity contribution in [2.45, 2.75) is 6.92 Å². The summed E-state index contributed by atoms with van der Waals surface area (Å²) in [5.41, 5.74) is -0.305. The fourth-order valence-electron chi connectivity index (χ4n) is 1.20. The molecule has 0 fully saturated rings. The molecular formula is C12H12F3NO2. The Hall–Kier alpha value is -1.98. The minimum absolute atomic E-state index is 0.0403. The lowest BCUT2D eigenvalue weighted by Gasteiger charge is -2.05. The van der Waals surface area contributed by atoms with Gasteiger partial charge in [0.05, 0.1) is 12.3 Å². The smallest absolute Gasteiger partial charge is 0.330 e. The molecule has 3 nitrogen and oxygen atoms in total. The van der Waals surface area contributed by atoms with Crippen LogP contribution in [0.5, 0.6) is 0 Å². The molecule has 0 unspecified atom stereocenters. The molecule has 1 rings (SSSR count). The van der Waals surface area contributed by atoms with E-state index in [2.05, 4.69) is 10.1 Å². The number of nitrogens with one attached hydrogen (secondary N) is 1. The molecule has 98 valence electrons. The number of ether oxygens (including phenoxy) is 1. The number of benzene rings is 1. The van der Waals surface area contributed by atoms with Crippen molar-refractivity contribution in [2.24, 2.45) is 0 Å². The third-order valence-electron chi connectivity index (χ3n) is 1.94. The van der Waals surface area contributed by atoms with Crippen LogP contribution in [0.15, 0.2) is 24.3 Å². The lowest BCUT2D eigenvalue weighted by atomic mass is 10.3. The van der Waals surface area contributed by atoms with E-state index in [1.165, 1.54) is 6.08 Å². The number of carbonyl (C=O) groups is 1. The van der Waals surface area contributed by atoms with Gasteiger partial charge in [-0.15, -0.1) is 0 Å². The molecule has 0 heterocycles. The average Bonchev–Trinajstić information content (AvgIpc) is 2.31. The van der Waals surface area contributed by atoms with Crippen molar-refractivity contribution >= 4 is 11.7 Å². The van der Waals surface area contributed by atoms with Gasteiger partial charge in [-0.2, -0.15) is 0 Å². The monoisotopic (exact) mass is 259 g/mol. The van der Waals surface area contributed by atoms with Crippen LogP contribution in [0, 0.1) is 17.5 Å². The number of hydrogen-bond donors (Lipinski definition) is 1. The quantitative estimate of drug-likeness (QED) is 0.502. The second-order valence-corrected chi connectivity index (χ2v) is 3.28. The highest BCUT2D eigenvalue weighted by Gasteiger charge is 2.09. The van der Waals surface area contributed by atoms with E-state index in [0.29, 0.717) is 6.07 Å². The van der Waals surface area contributed by atoms with Gasteiger partial charge in [-0.1, -0.05) is 6.08 Å². The van der Waals surface area contributed by atoms with E-state index in [0.717, 1.165) is 12.1 Å². The van der Waals surface area contributed by atoms with Gasteiger partial charge in [-0.3, -0.25) is 0 Å². The number of anilines is 1. The average molecular weight is 259 g/mol. The molecular weight excluding hydrogens is 247 g/mol. The predicted octanol–water partition coefficient (Wildman–Crippen LogP) is 2.64. The molecule has 0 radical (unpaired) electrons. The maximum atomic E-state index is 13.2. The van der Waals surface area contributed by atoms with E-state index in [1.807, 2.05) is 0 Å². The Morgan fingerprint density at radius 3 is 2.78 bits per heavy atom. The predicted molar refractivity (Wildman–Crippen MR) is 60.6 cm³/mol. The van der Waals surface area contributed by atoms with Crippen molar-refractivity contribution in [2.75, 3.05) is 18.5 Å². The summed E-state index contributed by atoms with van der Waals surface area (Å²) in [7, 11) is 0. The number of esters is 1. The van der Waals surface area contributed by atoms with Crippen LogP contribution in [-0.2, 0) is 9.53 Å². The van der Waals surface area contributed by atoms with Gasteiger partial charge in [-0.25, -0.2) is 18.0 Å². The van der Waals surface area contributed by atoms with Crippen molar-refractivity contribution in [1.29, 1.82) is 0 Å². The summed E-state index contributed by atoms with van der Waals surface area (Å²) < 4.78 is 43.4. The molecule has 0 saturated heterocycles. The van der Waals surface area contributed by atoms with Gasteiger partial charge in [-0.05, 0) is 6.92 Å². The molecule has 18 heavy (non-hydrogen) atoms. The summed E-state index contributed by atoms with van der Waals surface area (Å²) in [6, 6.07) is 1.28. The van der Waals surface area contributed by atoms with Gasteiger partial charge in [0.25, 0.3) is 0 Å². The summed E-state index contributed by atoms with van der Waals surface area (Å²) in [6.45, 7) is 1.95. The first-order valence-electron chi connectivity index (χ1n) is 5.26. The lowest BCUT2D eigenvalue weighted by molar-refractivity contribution is -0.137. The van der Waals surface area contributed by atoms with Crippen molar-refractivity contribution in [3.05, 3.63) is 41.7 Å². The Labute approximate surface area is 102 Å². The highest BCUT2D eigenvalue weighted by molar-refractivity contribution is 5.81. The van der Waals surface area contributed by atoms with E-state index in [4.69, 9.17) is 0 Å². The largest absolute Gasteiger partial charge is 0.463 e. The molecule has 0 bridgehead atoms. The molecule has 1 N–H and O–H groups in total. The van der Waals surface area contributed by atoms with Gasteiger partial charge in [0.15, 0.2) is 11.6 Å². The van der Waals surface area contributed by atoms with E-state index in [-0.39, 0.29) is 18.8 Å².